The highest BCUT2D eigenvalue weighted by Crippen LogP contribution is 2.28. The topological polar surface area (TPSA) is 85.2 Å². The molecule has 2 N–H and O–H groups in total. The lowest BCUT2D eigenvalue weighted by Crippen LogP contribution is -2.26. The molecule has 0 atom stereocenters. The summed E-state index contributed by atoms with van der Waals surface area (Å²) in [4.78, 5) is 27.7. The number of nitrogens with one attached hydrogen (secondary N) is 2. The van der Waals surface area contributed by atoms with Crippen LogP contribution in [-0.4, -0.2) is 28.0 Å². The normalized spacial score (nSPS) is 12.7. The van der Waals surface area contributed by atoms with Crippen molar-refractivity contribution in [2.45, 2.75) is 13.1 Å². The summed E-state index contributed by atoms with van der Waals surface area (Å²) in [5.41, 5.74) is 3.24. The van der Waals surface area contributed by atoms with Crippen molar-refractivity contribution in [3.05, 3.63) is 77.9 Å². The second kappa shape index (κ2) is 7.33. The zero-order valence-electron chi connectivity index (χ0n) is 14.5. The van der Waals surface area contributed by atoms with E-state index in [1.165, 1.54) is 0 Å². The molecule has 0 spiro atoms. The van der Waals surface area contributed by atoms with Crippen LogP contribution in [0, 0.1) is 0 Å². The van der Waals surface area contributed by atoms with Crippen molar-refractivity contribution in [3.8, 4) is 5.75 Å². The van der Waals surface area contributed by atoms with Gasteiger partial charge in [0.25, 0.3) is 11.8 Å². The van der Waals surface area contributed by atoms with E-state index in [1.54, 1.807) is 30.7 Å². The van der Waals surface area contributed by atoms with Gasteiger partial charge >= 0.3 is 0 Å². The Kier molecular flexibility index (Phi) is 4.57. The lowest BCUT2D eigenvalue weighted by atomic mass is 10.1. The van der Waals surface area contributed by atoms with Crippen LogP contribution in [0.4, 0.5) is 5.69 Å². The lowest BCUT2D eigenvalue weighted by molar-refractivity contribution is -0.118. The van der Waals surface area contributed by atoms with Gasteiger partial charge in [0.05, 0.1) is 12.0 Å². The number of hydrogen-bond acceptors (Lipinski definition) is 4. The van der Waals surface area contributed by atoms with E-state index in [4.69, 9.17) is 4.74 Å². The molecular formula is C20H18N4O3. The molecule has 0 fully saturated rings. The molecule has 4 rings (SSSR count). The number of carbonyl (C=O) groups excluding carboxylic acids is 2. The van der Waals surface area contributed by atoms with Crippen LogP contribution < -0.4 is 15.4 Å². The number of fused-ring (bicyclic) bond motifs is 1. The van der Waals surface area contributed by atoms with Gasteiger partial charge in [-0.1, -0.05) is 24.3 Å². The maximum atomic E-state index is 12.4. The Morgan fingerprint density at radius 1 is 1.19 bits per heavy atom. The van der Waals surface area contributed by atoms with Crippen LogP contribution >= 0.6 is 0 Å². The van der Waals surface area contributed by atoms with E-state index in [-0.39, 0.29) is 18.4 Å². The van der Waals surface area contributed by atoms with Gasteiger partial charge in [0, 0.05) is 31.0 Å². The van der Waals surface area contributed by atoms with Crippen LogP contribution in [0.25, 0.3) is 0 Å². The first-order chi connectivity index (χ1) is 13.2. The highest BCUT2D eigenvalue weighted by Gasteiger charge is 2.17. The Morgan fingerprint density at radius 3 is 2.78 bits per heavy atom. The molecule has 0 saturated heterocycles. The number of anilines is 1. The molecule has 7 heteroatoms. The predicted molar refractivity (Wildman–Crippen MR) is 99.5 cm³/mol. The molecule has 7 nitrogen and oxygen atoms in total. The molecule has 0 radical (unpaired) electrons. The maximum absolute atomic E-state index is 12.4. The average Bonchev–Trinajstić information content (AvgIpc) is 3.20. The fraction of sp³-hybridized carbons (Fsp3) is 0.150. The molecule has 3 aromatic rings. The molecule has 0 bridgehead atoms. The standard InChI is InChI=1S/C20H18N4O3/c25-19-12-27-18-9-16(5-6-17(18)23-19)20(26)22-10-14-1-3-15(4-2-14)11-24-8-7-21-13-24/h1-9,13H,10-12H2,(H,22,26)(H,23,25). The molecule has 0 unspecified atom stereocenters. The summed E-state index contributed by atoms with van der Waals surface area (Å²) in [5.74, 6) is 0.114. The zero-order valence-corrected chi connectivity index (χ0v) is 14.5. The van der Waals surface area contributed by atoms with Crippen LogP contribution in [0.2, 0.25) is 0 Å². The molecule has 1 aliphatic rings. The van der Waals surface area contributed by atoms with Gasteiger partial charge in [0.15, 0.2) is 6.61 Å². The first kappa shape index (κ1) is 16.8. The highest BCUT2D eigenvalue weighted by molar-refractivity contribution is 5.98. The number of rotatable bonds is 5. The van der Waals surface area contributed by atoms with E-state index >= 15 is 0 Å². The number of ether oxygens (including phenoxy) is 1. The SMILES string of the molecule is O=C1COc2cc(C(=O)NCc3ccc(Cn4ccnc4)cc3)ccc2N1. The summed E-state index contributed by atoms with van der Waals surface area (Å²) >= 11 is 0. The number of imidazole rings is 1. The number of carbonyl (C=O) groups is 2. The third-order valence-corrected chi connectivity index (χ3v) is 4.28. The molecule has 0 saturated carbocycles. The van der Waals surface area contributed by atoms with Gasteiger partial charge < -0.3 is 19.9 Å². The largest absolute Gasteiger partial charge is 0.482 e. The molecule has 1 aromatic heterocycles. The van der Waals surface area contributed by atoms with Gasteiger partial charge in [-0.05, 0) is 29.3 Å². The summed E-state index contributed by atoms with van der Waals surface area (Å²) < 4.78 is 7.34. The van der Waals surface area contributed by atoms with Gasteiger partial charge in [-0.3, -0.25) is 9.59 Å². The van der Waals surface area contributed by atoms with Crippen LogP contribution in [0.3, 0.4) is 0 Å². The van der Waals surface area contributed by atoms with E-state index < -0.39 is 0 Å². The van der Waals surface area contributed by atoms with Crippen molar-refractivity contribution in [2.24, 2.45) is 0 Å². The fourth-order valence-electron chi connectivity index (χ4n) is 2.85. The van der Waals surface area contributed by atoms with Crippen molar-refractivity contribution in [2.75, 3.05) is 11.9 Å². The third-order valence-electron chi connectivity index (χ3n) is 4.28. The quantitative estimate of drug-likeness (QED) is 0.729. The minimum Gasteiger partial charge on any atom is -0.482 e. The maximum Gasteiger partial charge on any atom is 0.262 e. The van der Waals surface area contributed by atoms with Crippen molar-refractivity contribution >= 4 is 17.5 Å². The predicted octanol–water partition coefficient (Wildman–Crippen LogP) is 2.19. The van der Waals surface area contributed by atoms with E-state index in [1.807, 2.05) is 35.0 Å². The van der Waals surface area contributed by atoms with Crippen LogP contribution in [0.5, 0.6) is 5.75 Å². The molecule has 2 amide bonds. The van der Waals surface area contributed by atoms with Gasteiger partial charge in [-0.2, -0.15) is 0 Å². The molecule has 1 aliphatic heterocycles. The number of hydrogen-bond donors (Lipinski definition) is 2. The van der Waals surface area contributed by atoms with E-state index in [9.17, 15) is 9.59 Å². The summed E-state index contributed by atoms with van der Waals surface area (Å²) in [5, 5.41) is 5.60. The number of aromatic nitrogens is 2. The second-order valence-electron chi connectivity index (χ2n) is 6.28. The van der Waals surface area contributed by atoms with Gasteiger partial charge in [-0.25, -0.2) is 4.98 Å². The number of amides is 2. The number of benzene rings is 2. The Bertz CT molecular complexity index is 965. The third kappa shape index (κ3) is 3.98. The Morgan fingerprint density at radius 2 is 2.00 bits per heavy atom. The Hall–Kier alpha value is -3.61. The lowest BCUT2D eigenvalue weighted by Gasteiger charge is -2.18. The summed E-state index contributed by atoms with van der Waals surface area (Å²) in [6.45, 7) is 1.15. The average molecular weight is 362 g/mol. The summed E-state index contributed by atoms with van der Waals surface area (Å²) in [6.07, 6.45) is 5.45. The van der Waals surface area contributed by atoms with Crippen LogP contribution in [0.15, 0.2) is 61.2 Å². The van der Waals surface area contributed by atoms with Crippen molar-refractivity contribution in [1.82, 2.24) is 14.9 Å². The Balaban J connectivity index is 1.35. The molecular weight excluding hydrogens is 344 g/mol. The minimum absolute atomic E-state index is 0.0382. The first-order valence-corrected chi connectivity index (χ1v) is 8.56. The van der Waals surface area contributed by atoms with Crippen molar-refractivity contribution in [3.63, 3.8) is 0 Å². The van der Waals surface area contributed by atoms with E-state index in [0.29, 0.717) is 23.5 Å². The molecule has 0 aliphatic carbocycles. The van der Waals surface area contributed by atoms with Crippen molar-refractivity contribution in [1.29, 1.82) is 0 Å². The minimum atomic E-state index is -0.198. The van der Waals surface area contributed by atoms with E-state index in [0.717, 1.165) is 17.7 Å². The Labute approximate surface area is 156 Å². The van der Waals surface area contributed by atoms with Gasteiger partial charge in [0.2, 0.25) is 0 Å². The fourth-order valence-corrected chi connectivity index (χ4v) is 2.85. The molecule has 2 aromatic carbocycles. The zero-order chi connectivity index (χ0) is 18.6. The summed E-state index contributed by atoms with van der Waals surface area (Å²) in [6, 6.07) is 13.0. The van der Waals surface area contributed by atoms with Gasteiger partial charge in [-0.15, -0.1) is 0 Å². The molecule has 27 heavy (non-hydrogen) atoms. The van der Waals surface area contributed by atoms with Crippen LogP contribution in [-0.2, 0) is 17.9 Å². The first-order valence-electron chi connectivity index (χ1n) is 8.56. The van der Waals surface area contributed by atoms with E-state index in [2.05, 4.69) is 15.6 Å². The molecule has 136 valence electrons. The number of nitrogens with zero attached hydrogens (tertiary/aromatic N) is 2. The summed E-state index contributed by atoms with van der Waals surface area (Å²) in [7, 11) is 0. The smallest absolute Gasteiger partial charge is 0.262 e. The molecule has 2 heterocycles. The second-order valence-corrected chi connectivity index (χ2v) is 6.28. The van der Waals surface area contributed by atoms with Gasteiger partial charge in [0.1, 0.15) is 5.75 Å². The van der Waals surface area contributed by atoms with Crippen molar-refractivity contribution < 1.29 is 14.3 Å². The van der Waals surface area contributed by atoms with Crippen LogP contribution in [0.1, 0.15) is 21.5 Å². The monoisotopic (exact) mass is 362 g/mol. The highest BCUT2D eigenvalue weighted by atomic mass is 16.5.